The SMILES string of the molecule is CCC(C)(C)CC.CCC(C)(C)P(=O)(O)O.[Y].[Y]. The molecule has 0 aromatic carbocycles. The van der Waals surface area contributed by atoms with Crippen LogP contribution in [-0.2, 0) is 70.0 Å². The van der Waals surface area contributed by atoms with Crippen LogP contribution in [0.25, 0.3) is 0 Å². The van der Waals surface area contributed by atoms with E-state index in [-0.39, 0.29) is 65.4 Å². The predicted molar refractivity (Wildman–Crippen MR) is 70.8 cm³/mol. The number of hydrogen-bond donors (Lipinski definition) is 2. The molecule has 0 atom stereocenters. The van der Waals surface area contributed by atoms with Gasteiger partial charge in [-0.25, -0.2) is 0 Å². The Bertz CT molecular complexity index is 231. The maximum absolute atomic E-state index is 10.6. The van der Waals surface area contributed by atoms with Crippen molar-refractivity contribution in [3.8, 4) is 0 Å². The first-order valence-corrected chi connectivity index (χ1v) is 7.60. The molecule has 18 heavy (non-hydrogen) atoms. The summed E-state index contributed by atoms with van der Waals surface area (Å²) in [5.41, 5.74) is 0.583. The summed E-state index contributed by atoms with van der Waals surface area (Å²) in [7, 11) is -3.87. The molecule has 3 nitrogen and oxygen atoms in total. The first-order valence-electron chi connectivity index (χ1n) is 5.99. The van der Waals surface area contributed by atoms with Crippen LogP contribution < -0.4 is 0 Å². The fourth-order valence-corrected chi connectivity index (χ4v) is 0.868. The van der Waals surface area contributed by atoms with Gasteiger partial charge in [0.1, 0.15) is 0 Å². The smallest absolute Gasteiger partial charge is 0.324 e. The van der Waals surface area contributed by atoms with Crippen LogP contribution in [0.3, 0.4) is 0 Å². The Hall–Kier alpha value is 2.36. The molecule has 0 rings (SSSR count). The summed E-state index contributed by atoms with van der Waals surface area (Å²) in [5.74, 6) is 0. The third-order valence-corrected chi connectivity index (χ3v) is 5.46. The first kappa shape index (κ1) is 28.5. The molecule has 0 aliphatic heterocycles. The third-order valence-electron chi connectivity index (χ3n) is 3.57. The van der Waals surface area contributed by atoms with Gasteiger partial charge in [0.2, 0.25) is 0 Å². The van der Waals surface area contributed by atoms with Crippen molar-refractivity contribution in [3.05, 3.63) is 0 Å². The molecular weight excluding hydrogens is 401 g/mol. The first-order chi connectivity index (χ1) is 6.93. The maximum Gasteiger partial charge on any atom is 0.331 e. The van der Waals surface area contributed by atoms with Gasteiger partial charge in [-0.15, -0.1) is 0 Å². The standard InChI is InChI=1S/C7H16.C5H13O3P.2Y/c1-5-7(3,4)6-2;1-4-5(2,3)9(6,7)8;;/h5-6H2,1-4H3;4H2,1-3H3,(H2,6,7,8);;. The summed E-state index contributed by atoms with van der Waals surface area (Å²) in [6, 6.07) is 0. The number of hydrogen-bond acceptors (Lipinski definition) is 1. The van der Waals surface area contributed by atoms with Gasteiger partial charge in [-0.1, -0.05) is 47.5 Å². The molecule has 2 radical (unpaired) electrons. The molecule has 6 heteroatoms. The van der Waals surface area contributed by atoms with Crippen molar-refractivity contribution in [1.29, 1.82) is 0 Å². The summed E-state index contributed by atoms with van der Waals surface area (Å²) in [5, 5.41) is -0.854. The van der Waals surface area contributed by atoms with Crippen LogP contribution >= 0.6 is 7.60 Å². The fraction of sp³-hybridized carbons (Fsp3) is 1.00. The van der Waals surface area contributed by atoms with E-state index in [1.807, 2.05) is 0 Å². The Balaban J connectivity index is -0.000000100. The third kappa shape index (κ3) is 13.3. The van der Waals surface area contributed by atoms with E-state index >= 15 is 0 Å². The van der Waals surface area contributed by atoms with Gasteiger partial charge in [0, 0.05) is 65.4 Å². The van der Waals surface area contributed by atoms with Gasteiger partial charge in [0.25, 0.3) is 0 Å². The molecule has 0 bridgehead atoms. The Labute approximate surface area is 164 Å². The molecule has 2 N–H and O–H groups in total. The minimum absolute atomic E-state index is 0. The molecule has 0 spiro atoms. The Morgan fingerprint density at radius 3 is 1.11 bits per heavy atom. The van der Waals surface area contributed by atoms with Gasteiger partial charge >= 0.3 is 7.60 Å². The van der Waals surface area contributed by atoms with E-state index in [9.17, 15) is 4.57 Å². The molecule has 0 saturated heterocycles. The molecule has 0 heterocycles. The molecular formula is C12H29O3PY2. The number of rotatable bonds is 4. The summed E-state index contributed by atoms with van der Waals surface area (Å²) >= 11 is 0. The van der Waals surface area contributed by atoms with Gasteiger partial charge in [-0.3, -0.25) is 4.57 Å². The second kappa shape index (κ2) is 12.0. The van der Waals surface area contributed by atoms with Crippen LogP contribution in [-0.4, -0.2) is 14.9 Å². The van der Waals surface area contributed by atoms with Crippen LogP contribution in [0.4, 0.5) is 0 Å². The van der Waals surface area contributed by atoms with Gasteiger partial charge in [0.15, 0.2) is 0 Å². The summed E-state index contributed by atoms with van der Waals surface area (Å²) in [6.07, 6.45) is 3.09. The van der Waals surface area contributed by atoms with E-state index in [0.29, 0.717) is 11.8 Å². The Kier molecular flexibility index (Phi) is 18.9. The summed E-state index contributed by atoms with van der Waals surface area (Å²) in [6.45, 7) is 14.0. The van der Waals surface area contributed by atoms with Crippen LogP contribution in [0.2, 0.25) is 0 Å². The second-order valence-corrected chi connectivity index (χ2v) is 7.88. The molecule has 106 valence electrons. The summed E-state index contributed by atoms with van der Waals surface area (Å²) < 4.78 is 10.6. The van der Waals surface area contributed by atoms with E-state index in [0.717, 1.165) is 0 Å². The molecule has 0 aromatic heterocycles. The van der Waals surface area contributed by atoms with Crippen molar-refractivity contribution in [2.45, 2.75) is 72.9 Å². The molecule has 0 saturated carbocycles. The predicted octanol–water partition coefficient (Wildman–Crippen LogP) is 4.18. The maximum atomic E-state index is 10.6. The van der Waals surface area contributed by atoms with Crippen molar-refractivity contribution in [2.24, 2.45) is 5.41 Å². The largest absolute Gasteiger partial charge is 0.331 e. The molecule has 0 aliphatic rings. The van der Waals surface area contributed by atoms with Crippen LogP contribution in [0, 0.1) is 5.41 Å². The zero-order chi connectivity index (χ0) is 13.6. The topological polar surface area (TPSA) is 57.5 Å². The minimum atomic E-state index is -3.87. The van der Waals surface area contributed by atoms with Gasteiger partial charge < -0.3 is 9.79 Å². The van der Waals surface area contributed by atoms with Gasteiger partial charge in [-0.05, 0) is 25.7 Å². The average Bonchev–Trinajstić information content (AvgIpc) is 2.17. The Morgan fingerprint density at radius 1 is 0.833 bits per heavy atom. The monoisotopic (exact) mass is 430 g/mol. The summed E-state index contributed by atoms with van der Waals surface area (Å²) in [4.78, 5) is 17.3. The minimum Gasteiger partial charge on any atom is -0.324 e. The molecule has 0 aromatic rings. The van der Waals surface area contributed by atoms with Gasteiger partial charge in [0.05, 0.1) is 5.16 Å². The van der Waals surface area contributed by atoms with E-state index in [2.05, 4.69) is 27.7 Å². The fourth-order valence-electron chi connectivity index (χ4n) is 0.456. The van der Waals surface area contributed by atoms with Crippen LogP contribution in [0.5, 0.6) is 0 Å². The van der Waals surface area contributed by atoms with Crippen molar-refractivity contribution < 1.29 is 79.8 Å². The second-order valence-electron chi connectivity index (χ2n) is 5.58. The van der Waals surface area contributed by atoms with Crippen molar-refractivity contribution in [2.75, 3.05) is 0 Å². The van der Waals surface area contributed by atoms with Crippen LogP contribution in [0.1, 0.15) is 67.7 Å². The van der Waals surface area contributed by atoms with Gasteiger partial charge in [-0.2, -0.15) is 0 Å². The molecule has 0 unspecified atom stereocenters. The molecule has 0 amide bonds. The Morgan fingerprint density at radius 2 is 1.11 bits per heavy atom. The zero-order valence-corrected chi connectivity index (χ0v) is 19.6. The zero-order valence-electron chi connectivity index (χ0n) is 13.0. The molecule has 0 aliphatic carbocycles. The van der Waals surface area contributed by atoms with E-state index in [1.54, 1.807) is 20.8 Å². The average molecular weight is 430 g/mol. The van der Waals surface area contributed by atoms with Crippen LogP contribution in [0.15, 0.2) is 0 Å². The molecule has 0 fully saturated rings. The van der Waals surface area contributed by atoms with Crippen molar-refractivity contribution in [1.82, 2.24) is 0 Å². The normalized spacial score (nSPS) is 11.6. The van der Waals surface area contributed by atoms with E-state index in [4.69, 9.17) is 9.79 Å². The van der Waals surface area contributed by atoms with E-state index in [1.165, 1.54) is 12.8 Å². The quantitative estimate of drug-likeness (QED) is 0.659. The van der Waals surface area contributed by atoms with E-state index < -0.39 is 12.8 Å². The van der Waals surface area contributed by atoms with Crippen molar-refractivity contribution in [3.63, 3.8) is 0 Å². The van der Waals surface area contributed by atoms with Crippen molar-refractivity contribution >= 4 is 7.60 Å².